The fourth-order valence-corrected chi connectivity index (χ4v) is 15.6. The molecule has 0 aromatic heterocycles. The first-order valence-corrected chi connectivity index (χ1v) is 26.8. The number of hydrogen-bond acceptors (Lipinski definition) is 22. The lowest BCUT2D eigenvalue weighted by molar-refractivity contribution is -0.398. The number of allylic oxidation sites excluding steroid dienone is 1. The molecule has 0 aromatic carbocycles. The van der Waals surface area contributed by atoms with Crippen molar-refractivity contribution in [1.29, 1.82) is 0 Å². The van der Waals surface area contributed by atoms with Gasteiger partial charge in [-0.25, -0.2) is 0 Å². The van der Waals surface area contributed by atoms with Gasteiger partial charge in [-0.1, -0.05) is 39.3 Å². The Morgan fingerprint density at radius 1 is 0.589 bits per heavy atom. The summed E-state index contributed by atoms with van der Waals surface area (Å²) in [5, 5.41) is 130. The monoisotopic (exact) mass is 1050 g/mol. The van der Waals surface area contributed by atoms with Gasteiger partial charge in [0.1, 0.15) is 91.6 Å². The fraction of sp³-hybridized carbons (Fsp3) is 0.961. The van der Waals surface area contributed by atoms with Crippen molar-refractivity contribution in [3.05, 3.63) is 11.6 Å². The Morgan fingerprint density at radius 3 is 1.88 bits per heavy atom. The van der Waals surface area contributed by atoms with Crippen LogP contribution in [0.15, 0.2) is 11.6 Å². The number of ether oxygens (including phenoxy) is 10. The van der Waals surface area contributed by atoms with E-state index < -0.39 is 154 Å². The van der Waals surface area contributed by atoms with Gasteiger partial charge >= 0.3 is 0 Å². The first-order chi connectivity index (χ1) is 34.6. The molecule has 0 radical (unpaired) electrons. The number of fused-ring (bicyclic) bond motifs is 7. The molecule has 418 valence electrons. The predicted molar refractivity (Wildman–Crippen MR) is 247 cm³/mol. The molecule has 4 aliphatic carbocycles. The van der Waals surface area contributed by atoms with Gasteiger partial charge in [-0.3, -0.25) is 0 Å². The molecule has 0 amide bonds. The van der Waals surface area contributed by atoms with Gasteiger partial charge in [-0.05, 0) is 106 Å². The highest BCUT2D eigenvalue weighted by molar-refractivity contribution is 5.27. The molecule has 0 aromatic rings. The van der Waals surface area contributed by atoms with E-state index in [9.17, 15) is 61.3 Å². The van der Waals surface area contributed by atoms with Gasteiger partial charge in [-0.15, -0.1) is 0 Å². The van der Waals surface area contributed by atoms with E-state index in [1.165, 1.54) is 19.4 Å². The van der Waals surface area contributed by atoms with Crippen molar-refractivity contribution in [2.45, 2.75) is 240 Å². The van der Waals surface area contributed by atoms with E-state index in [0.29, 0.717) is 43.6 Å². The van der Waals surface area contributed by atoms with Gasteiger partial charge in [0, 0.05) is 5.92 Å². The third kappa shape index (κ3) is 9.22. The second-order valence-electron chi connectivity index (χ2n) is 24.0. The van der Waals surface area contributed by atoms with Gasteiger partial charge in [0.25, 0.3) is 0 Å². The normalized spacial score (nSPS) is 58.2. The van der Waals surface area contributed by atoms with E-state index >= 15 is 0 Å². The lowest BCUT2D eigenvalue weighted by atomic mass is 9.47. The average Bonchev–Trinajstić information content (AvgIpc) is 3.82. The molecule has 22 nitrogen and oxygen atoms in total. The van der Waals surface area contributed by atoms with Crippen LogP contribution >= 0.6 is 0 Å². The highest BCUT2D eigenvalue weighted by Crippen LogP contribution is 2.71. The average molecular weight is 1050 g/mol. The molecule has 6 aliphatic heterocycles. The first-order valence-electron chi connectivity index (χ1n) is 26.8. The summed E-state index contributed by atoms with van der Waals surface area (Å²) in [4.78, 5) is 0. The largest absolute Gasteiger partial charge is 0.394 e. The van der Waals surface area contributed by atoms with E-state index in [1.807, 2.05) is 0 Å². The number of aliphatic hydroxyl groups is 12. The van der Waals surface area contributed by atoms with Crippen molar-refractivity contribution in [1.82, 2.24) is 0 Å². The van der Waals surface area contributed by atoms with E-state index in [4.69, 9.17) is 47.4 Å². The van der Waals surface area contributed by atoms with Crippen LogP contribution in [0.4, 0.5) is 0 Å². The van der Waals surface area contributed by atoms with E-state index in [0.717, 1.165) is 32.1 Å². The van der Waals surface area contributed by atoms with E-state index in [-0.39, 0.29) is 34.7 Å². The Kier molecular flexibility index (Phi) is 15.7. The molecule has 3 saturated carbocycles. The molecule has 10 rings (SSSR count). The van der Waals surface area contributed by atoms with Crippen LogP contribution in [0.2, 0.25) is 0 Å². The summed E-state index contributed by atoms with van der Waals surface area (Å²) in [6, 6.07) is 0. The second-order valence-corrected chi connectivity index (χ2v) is 24.0. The van der Waals surface area contributed by atoms with Crippen LogP contribution in [-0.2, 0) is 47.4 Å². The third-order valence-electron chi connectivity index (χ3n) is 19.8. The Labute approximate surface area is 425 Å². The van der Waals surface area contributed by atoms with Crippen molar-refractivity contribution >= 4 is 0 Å². The van der Waals surface area contributed by atoms with Crippen LogP contribution in [0.5, 0.6) is 0 Å². The van der Waals surface area contributed by atoms with Gasteiger partial charge in [0.05, 0.1) is 44.2 Å². The van der Waals surface area contributed by atoms with Gasteiger partial charge in [0.15, 0.2) is 30.9 Å². The Morgan fingerprint density at radius 2 is 1.19 bits per heavy atom. The lowest BCUT2D eigenvalue weighted by Crippen LogP contribution is -2.67. The lowest BCUT2D eigenvalue weighted by Gasteiger charge is -2.59. The van der Waals surface area contributed by atoms with Crippen molar-refractivity contribution < 1.29 is 109 Å². The van der Waals surface area contributed by atoms with Gasteiger partial charge < -0.3 is 109 Å². The van der Waals surface area contributed by atoms with Crippen molar-refractivity contribution in [3.63, 3.8) is 0 Å². The standard InChI is InChI=1S/C51H82O22/c1-19-13-31(54)51(64-18-19)20(2)32-28(73-51)15-27-25-8-7-23-14-24(9-11-49(23,5)26(25)10-12-50(27,32)6)67-48-44(72-45-39(61)36(58)33(55)21(3)65-45)43(35(57)30(17-53)69-48)71-46-41(63)38(60)42(22(4)66-46)70-47-40(62)37(59)34(56)29(16-52)68-47/h7,19-22,24-48,52-63H,8-18H2,1-6H3/t19-,20+,21-,22-,24+,25-,26+,27+,28+,29+,30+,31+,32+,33-,34+,35+,36+,37-,38-,39+,40+,41+,42-,43-,44+,45-,46-,47-,48+,49+,50+,51-/m0/s1. The molecule has 6 heterocycles. The Bertz CT molecular complexity index is 1950. The summed E-state index contributed by atoms with van der Waals surface area (Å²) < 4.78 is 62.1. The summed E-state index contributed by atoms with van der Waals surface area (Å²) in [5.74, 6) is 0.939. The fourth-order valence-electron chi connectivity index (χ4n) is 15.6. The maximum absolute atomic E-state index is 11.8. The van der Waals surface area contributed by atoms with E-state index in [1.54, 1.807) is 0 Å². The van der Waals surface area contributed by atoms with Gasteiger partial charge in [-0.2, -0.15) is 0 Å². The quantitative estimate of drug-likeness (QED) is 0.106. The number of hydrogen-bond donors (Lipinski definition) is 12. The van der Waals surface area contributed by atoms with Crippen molar-refractivity contribution in [2.24, 2.45) is 46.3 Å². The molecule has 0 bridgehead atoms. The molecule has 6 saturated heterocycles. The molecule has 12 N–H and O–H groups in total. The smallest absolute Gasteiger partial charge is 0.197 e. The minimum Gasteiger partial charge on any atom is -0.394 e. The highest BCUT2D eigenvalue weighted by atomic mass is 16.8. The SMILES string of the molecule is C[C@@H]1CO[C@@]2(O[C@@H]3C[C@@H]4[C@H]5CC=C6C[C@H](O[C@@H]7O[C@H](CO)[C@@H](O)[C@H](O[C@@H]8O[C@@H](C)[C@H](O[C@@H]9O[C@H](CO)[C@@H](O)[C@H](O)[C@H]9O)[C@@H](O)[C@H]8O)[C@H]7O[C@@H]7O[C@@H](C)[C@H](O)[C@@H](O)[C@H]7O)CC[C@@]6(C)[C@@H]5CC[C@@]4(C)[C@@H]3[C@H]2C)[C@H](O)C1. The minimum absolute atomic E-state index is 0.0166. The number of aliphatic hydroxyl groups excluding tert-OH is 12. The molecule has 9 fully saturated rings. The minimum atomic E-state index is -1.93. The van der Waals surface area contributed by atoms with Crippen LogP contribution in [0.25, 0.3) is 0 Å². The molecular formula is C51H82O22. The van der Waals surface area contributed by atoms with Crippen molar-refractivity contribution in [3.8, 4) is 0 Å². The highest BCUT2D eigenvalue weighted by Gasteiger charge is 2.70. The molecule has 32 atom stereocenters. The zero-order valence-corrected chi connectivity index (χ0v) is 42.5. The number of rotatable bonds is 10. The van der Waals surface area contributed by atoms with Crippen molar-refractivity contribution in [2.75, 3.05) is 19.8 Å². The van der Waals surface area contributed by atoms with Crippen LogP contribution < -0.4 is 0 Å². The zero-order valence-electron chi connectivity index (χ0n) is 42.5. The van der Waals surface area contributed by atoms with E-state index in [2.05, 4.69) is 33.8 Å². The molecule has 10 aliphatic rings. The zero-order chi connectivity index (χ0) is 52.4. The maximum atomic E-state index is 11.8. The van der Waals surface area contributed by atoms with Gasteiger partial charge in [0.2, 0.25) is 0 Å². The topological polar surface area (TPSA) is 335 Å². The Balaban J connectivity index is 0.862. The summed E-state index contributed by atoms with van der Waals surface area (Å²) in [6.45, 7) is 11.2. The van der Waals surface area contributed by atoms with Crippen LogP contribution in [0.3, 0.4) is 0 Å². The molecule has 1 spiro atoms. The Hall–Kier alpha value is -1.14. The predicted octanol–water partition coefficient (Wildman–Crippen LogP) is -1.96. The first kappa shape index (κ1) is 55.2. The summed E-state index contributed by atoms with van der Waals surface area (Å²) in [6.07, 6.45) is -24.0. The van der Waals surface area contributed by atoms with Crippen LogP contribution in [0.1, 0.15) is 92.9 Å². The third-order valence-corrected chi connectivity index (χ3v) is 19.8. The maximum Gasteiger partial charge on any atom is 0.197 e. The molecule has 22 heteroatoms. The molecule has 0 unspecified atom stereocenters. The summed E-state index contributed by atoms with van der Waals surface area (Å²) in [7, 11) is 0. The second kappa shape index (κ2) is 20.8. The summed E-state index contributed by atoms with van der Waals surface area (Å²) in [5.41, 5.74) is 1.17. The summed E-state index contributed by atoms with van der Waals surface area (Å²) >= 11 is 0. The molecule has 73 heavy (non-hydrogen) atoms. The molecular weight excluding hydrogens is 965 g/mol. The van der Waals surface area contributed by atoms with Crippen LogP contribution in [0, 0.1) is 46.3 Å². The van der Waals surface area contributed by atoms with Crippen LogP contribution in [-0.4, -0.2) is 228 Å².